The second-order valence-electron chi connectivity index (χ2n) is 5.97. The standard InChI is InChI=1S/C18H16Cl2N2O3/c1-21(9-11-7-12(19)4-6-16(11)25-2)10-22-15-5-3-13(20)8-14(15)17(23)18(22)24/h3-8H,9-10H2,1-2H3/p+1. The first kappa shape index (κ1) is 17.7. The van der Waals surface area contributed by atoms with Crippen LogP contribution in [0.15, 0.2) is 36.4 Å². The lowest BCUT2D eigenvalue weighted by Crippen LogP contribution is -3.09. The smallest absolute Gasteiger partial charge is 0.303 e. The Morgan fingerprint density at radius 2 is 1.76 bits per heavy atom. The predicted octanol–water partition coefficient (Wildman–Crippen LogP) is 2.20. The van der Waals surface area contributed by atoms with Crippen molar-refractivity contribution in [2.24, 2.45) is 0 Å². The number of halogens is 2. The Labute approximate surface area is 155 Å². The molecule has 1 N–H and O–H groups in total. The minimum atomic E-state index is -0.533. The van der Waals surface area contributed by atoms with E-state index in [1.807, 2.05) is 19.2 Å². The fourth-order valence-corrected chi connectivity index (χ4v) is 3.33. The zero-order valence-corrected chi connectivity index (χ0v) is 15.3. The van der Waals surface area contributed by atoms with Crippen LogP contribution in [-0.4, -0.2) is 32.5 Å². The van der Waals surface area contributed by atoms with Gasteiger partial charge in [0.25, 0.3) is 5.78 Å². The van der Waals surface area contributed by atoms with E-state index in [2.05, 4.69) is 0 Å². The van der Waals surface area contributed by atoms with Crippen LogP contribution in [0.5, 0.6) is 5.75 Å². The van der Waals surface area contributed by atoms with E-state index in [1.165, 1.54) is 11.0 Å². The minimum Gasteiger partial charge on any atom is -0.496 e. The Bertz CT molecular complexity index is 854. The molecule has 0 fully saturated rings. The van der Waals surface area contributed by atoms with Gasteiger partial charge in [-0.15, -0.1) is 0 Å². The number of carbonyl (C=O) groups is 2. The molecule has 5 nitrogen and oxygen atoms in total. The predicted molar refractivity (Wildman–Crippen MR) is 96.7 cm³/mol. The van der Waals surface area contributed by atoms with Crippen LogP contribution < -0.4 is 14.5 Å². The molecule has 3 rings (SSSR count). The van der Waals surface area contributed by atoms with Crippen LogP contribution in [0.1, 0.15) is 15.9 Å². The number of quaternary nitrogens is 1. The van der Waals surface area contributed by atoms with Crippen molar-refractivity contribution in [1.29, 1.82) is 0 Å². The van der Waals surface area contributed by atoms with Crippen molar-refractivity contribution in [3.05, 3.63) is 57.6 Å². The van der Waals surface area contributed by atoms with E-state index in [0.717, 1.165) is 16.2 Å². The number of ketones is 1. The van der Waals surface area contributed by atoms with Gasteiger partial charge in [0.05, 0.1) is 25.4 Å². The Morgan fingerprint density at radius 1 is 1.08 bits per heavy atom. The van der Waals surface area contributed by atoms with Crippen molar-refractivity contribution in [3.63, 3.8) is 0 Å². The summed E-state index contributed by atoms with van der Waals surface area (Å²) in [5, 5.41) is 1.06. The number of nitrogens with zero attached hydrogens (tertiary/aromatic N) is 1. The lowest BCUT2D eigenvalue weighted by molar-refractivity contribution is -0.892. The van der Waals surface area contributed by atoms with Crippen molar-refractivity contribution in [2.45, 2.75) is 6.54 Å². The maximum absolute atomic E-state index is 12.3. The fourth-order valence-electron chi connectivity index (χ4n) is 2.97. The van der Waals surface area contributed by atoms with Crippen molar-refractivity contribution < 1.29 is 19.2 Å². The normalized spacial score (nSPS) is 14.6. The van der Waals surface area contributed by atoms with Crippen molar-refractivity contribution in [3.8, 4) is 5.75 Å². The summed E-state index contributed by atoms with van der Waals surface area (Å²) in [5.74, 6) is -0.319. The summed E-state index contributed by atoms with van der Waals surface area (Å²) in [7, 11) is 3.54. The molecular weight excluding hydrogens is 363 g/mol. The third-order valence-electron chi connectivity index (χ3n) is 4.10. The quantitative estimate of drug-likeness (QED) is 0.810. The topological polar surface area (TPSA) is 51.1 Å². The molecule has 1 aliphatic rings. The highest BCUT2D eigenvalue weighted by Crippen LogP contribution is 2.30. The highest BCUT2D eigenvalue weighted by Gasteiger charge is 2.37. The minimum absolute atomic E-state index is 0.342. The molecule has 0 bridgehead atoms. The van der Waals surface area contributed by atoms with Crippen LogP contribution in [-0.2, 0) is 11.3 Å². The number of nitrogens with one attached hydrogen (secondary N) is 1. The number of rotatable bonds is 5. The molecule has 1 aliphatic heterocycles. The molecule has 0 saturated carbocycles. The summed E-state index contributed by atoms with van der Waals surface area (Å²) in [6.45, 7) is 0.930. The molecule has 0 radical (unpaired) electrons. The van der Waals surface area contributed by atoms with Gasteiger partial charge in [0, 0.05) is 15.6 Å². The molecule has 0 aromatic heterocycles. The molecule has 1 amide bonds. The number of anilines is 1. The number of carbonyl (C=O) groups excluding carboxylic acids is 2. The van der Waals surface area contributed by atoms with Crippen LogP contribution in [0.3, 0.4) is 0 Å². The number of methoxy groups -OCH3 is 1. The van der Waals surface area contributed by atoms with Gasteiger partial charge in [0.15, 0.2) is 6.67 Å². The number of amides is 1. The maximum Gasteiger partial charge on any atom is 0.303 e. The van der Waals surface area contributed by atoms with Gasteiger partial charge in [-0.25, -0.2) is 0 Å². The van der Waals surface area contributed by atoms with Gasteiger partial charge in [-0.3, -0.25) is 14.5 Å². The first-order chi connectivity index (χ1) is 11.9. The fraction of sp³-hybridized carbons (Fsp3) is 0.222. The second kappa shape index (κ2) is 7.04. The number of benzene rings is 2. The number of hydrogen-bond donors (Lipinski definition) is 1. The van der Waals surface area contributed by atoms with E-state index >= 15 is 0 Å². The van der Waals surface area contributed by atoms with Gasteiger partial charge in [-0.1, -0.05) is 23.2 Å². The van der Waals surface area contributed by atoms with Gasteiger partial charge in [0.2, 0.25) is 0 Å². The van der Waals surface area contributed by atoms with Crippen LogP contribution in [0.2, 0.25) is 10.0 Å². The molecule has 1 atom stereocenters. The summed E-state index contributed by atoms with van der Waals surface area (Å²) in [5.41, 5.74) is 1.88. The van der Waals surface area contributed by atoms with E-state index in [9.17, 15) is 9.59 Å². The van der Waals surface area contributed by atoms with Gasteiger partial charge < -0.3 is 9.64 Å². The number of Topliss-reactive ketones (excluding diaryl/α,β-unsaturated/α-hetero) is 1. The first-order valence-electron chi connectivity index (χ1n) is 7.70. The zero-order valence-electron chi connectivity index (χ0n) is 13.8. The molecule has 25 heavy (non-hydrogen) atoms. The summed E-state index contributed by atoms with van der Waals surface area (Å²) in [6.07, 6.45) is 0. The summed E-state index contributed by atoms with van der Waals surface area (Å²) in [6, 6.07) is 10.3. The molecule has 2 aromatic carbocycles. The molecule has 0 aliphatic carbocycles. The van der Waals surface area contributed by atoms with Gasteiger partial charge in [-0.2, -0.15) is 0 Å². The Balaban J connectivity index is 1.80. The lowest BCUT2D eigenvalue weighted by atomic mass is 10.1. The van der Waals surface area contributed by atoms with E-state index in [-0.39, 0.29) is 0 Å². The van der Waals surface area contributed by atoms with E-state index in [0.29, 0.717) is 34.5 Å². The zero-order chi connectivity index (χ0) is 18.1. The first-order valence-corrected chi connectivity index (χ1v) is 8.45. The van der Waals surface area contributed by atoms with Gasteiger partial charge >= 0.3 is 5.91 Å². The van der Waals surface area contributed by atoms with E-state index in [1.54, 1.807) is 25.3 Å². The Morgan fingerprint density at radius 3 is 2.48 bits per heavy atom. The van der Waals surface area contributed by atoms with Crippen LogP contribution in [0.25, 0.3) is 0 Å². The second-order valence-corrected chi connectivity index (χ2v) is 6.84. The van der Waals surface area contributed by atoms with Crippen molar-refractivity contribution in [2.75, 3.05) is 25.7 Å². The third kappa shape index (κ3) is 3.49. The SMILES string of the molecule is COc1ccc(Cl)cc1C[NH+](C)CN1C(=O)C(=O)c2cc(Cl)ccc21. The molecule has 1 unspecified atom stereocenters. The van der Waals surface area contributed by atoms with Gasteiger partial charge in [0.1, 0.15) is 12.3 Å². The average Bonchev–Trinajstić information content (AvgIpc) is 2.80. The largest absolute Gasteiger partial charge is 0.496 e. The molecule has 0 spiro atoms. The highest BCUT2D eigenvalue weighted by molar-refractivity contribution is 6.52. The molecule has 130 valence electrons. The summed E-state index contributed by atoms with van der Waals surface area (Å²) >= 11 is 12.0. The van der Waals surface area contributed by atoms with Crippen molar-refractivity contribution in [1.82, 2.24) is 0 Å². The molecule has 7 heteroatoms. The molecule has 0 saturated heterocycles. The van der Waals surface area contributed by atoms with Crippen molar-refractivity contribution >= 4 is 40.6 Å². The summed E-state index contributed by atoms with van der Waals surface area (Å²) in [4.78, 5) is 27.0. The molecule has 1 heterocycles. The van der Waals surface area contributed by atoms with Crippen LogP contribution in [0.4, 0.5) is 5.69 Å². The number of ether oxygens (including phenoxy) is 1. The Hall–Kier alpha value is -2.08. The average molecular weight is 380 g/mol. The number of hydrogen-bond acceptors (Lipinski definition) is 3. The van der Waals surface area contributed by atoms with E-state index < -0.39 is 11.7 Å². The summed E-state index contributed by atoms with van der Waals surface area (Å²) < 4.78 is 5.36. The lowest BCUT2D eigenvalue weighted by Gasteiger charge is -2.22. The Kier molecular flexibility index (Phi) is 4.99. The monoisotopic (exact) mass is 379 g/mol. The van der Waals surface area contributed by atoms with E-state index in [4.69, 9.17) is 27.9 Å². The highest BCUT2D eigenvalue weighted by atomic mass is 35.5. The maximum atomic E-state index is 12.3. The molecule has 2 aromatic rings. The van der Waals surface area contributed by atoms with Crippen LogP contribution >= 0.6 is 23.2 Å². The number of fused-ring (bicyclic) bond motifs is 1. The third-order valence-corrected chi connectivity index (χ3v) is 4.57. The van der Waals surface area contributed by atoms with Gasteiger partial charge in [-0.05, 0) is 36.4 Å². The van der Waals surface area contributed by atoms with Crippen LogP contribution in [0, 0.1) is 0 Å². The molecular formula is C18H17Cl2N2O3+.